The molecule has 0 unspecified atom stereocenters. The molecule has 0 aliphatic heterocycles. The van der Waals surface area contributed by atoms with Crippen LogP contribution in [0, 0.1) is 0 Å². The summed E-state index contributed by atoms with van der Waals surface area (Å²) >= 11 is 11.7. The molecule has 7 heteroatoms. The third kappa shape index (κ3) is 3.88. The molecule has 1 aromatic carbocycles. The summed E-state index contributed by atoms with van der Waals surface area (Å²) in [5.74, 6) is 0.935. The number of hydrogen-bond acceptors (Lipinski definition) is 3. The lowest BCUT2D eigenvalue weighted by Gasteiger charge is -2.09. The topological polar surface area (TPSA) is 56.2 Å². The predicted octanol–water partition coefficient (Wildman–Crippen LogP) is 2.42. The lowest BCUT2D eigenvalue weighted by atomic mass is 10.3. The van der Waals surface area contributed by atoms with E-state index in [2.05, 4.69) is 10.3 Å². The fraction of sp³-hybridized carbons (Fsp3) is 0.231. The van der Waals surface area contributed by atoms with Gasteiger partial charge in [0.25, 0.3) is 5.91 Å². The number of carbonyl (C=O) groups excluding carboxylic acids is 1. The van der Waals surface area contributed by atoms with Crippen LogP contribution in [0.25, 0.3) is 0 Å². The van der Waals surface area contributed by atoms with E-state index in [0.717, 1.165) is 5.82 Å². The molecule has 1 amide bonds. The molecule has 2 aromatic rings. The molecule has 0 saturated heterocycles. The van der Waals surface area contributed by atoms with Crippen LogP contribution in [0.3, 0.4) is 0 Å². The third-order valence-corrected chi connectivity index (χ3v) is 3.15. The van der Waals surface area contributed by atoms with Crippen molar-refractivity contribution in [2.75, 3.05) is 6.61 Å². The summed E-state index contributed by atoms with van der Waals surface area (Å²) in [6.45, 7) is 0.228. The van der Waals surface area contributed by atoms with Crippen LogP contribution in [0.5, 0.6) is 5.75 Å². The number of rotatable bonds is 5. The summed E-state index contributed by atoms with van der Waals surface area (Å²) in [7, 11) is 1.86. The van der Waals surface area contributed by atoms with Gasteiger partial charge in [-0.15, -0.1) is 0 Å². The summed E-state index contributed by atoms with van der Waals surface area (Å²) < 4.78 is 7.15. The molecule has 0 radical (unpaired) electrons. The Morgan fingerprint density at radius 3 is 2.90 bits per heavy atom. The average molecular weight is 314 g/mol. The molecule has 0 aliphatic rings. The quantitative estimate of drug-likeness (QED) is 0.922. The number of carbonyl (C=O) groups is 1. The van der Waals surface area contributed by atoms with E-state index in [1.807, 2.05) is 17.8 Å². The first kappa shape index (κ1) is 14.7. The maximum Gasteiger partial charge on any atom is 0.258 e. The maximum absolute atomic E-state index is 11.7. The Morgan fingerprint density at radius 1 is 1.45 bits per heavy atom. The fourth-order valence-electron chi connectivity index (χ4n) is 1.53. The van der Waals surface area contributed by atoms with Gasteiger partial charge in [-0.1, -0.05) is 23.2 Å². The number of nitrogens with zero attached hydrogens (tertiary/aromatic N) is 2. The van der Waals surface area contributed by atoms with Crippen molar-refractivity contribution in [3.8, 4) is 5.75 Å². The lowest BCUT2D eigenvalue weighted by molar-refractivity contribution is -0.123. The highest BCUT2D eigenvalue weighted by Gasteiger charge is 2.07. The monoisotopic (exact) mass is 313 g/mol. The molecule has 5 nitrogen and oxygen atoms in total. The Morgan fingerprint density at radius 2 is 2.25 bits per heavy atom. The molecule has 0 atom stereocenters. The largest absolute Gasteiger partial charge is 0.482 e. The maximum atomic E-state index is 11.7. The number of nitrogens with one attached hydrogen (secondary N) is 1. The predicted molar refractivity (Wildman–Crippen MR) is 77.0 cm³/mol. The van der Waals surface area contributed by atoms with Crippen molar-refractivity contribution < 1.29 is 9.53 Å². The second kappa shape index (κ2) is 6.63. The van der Waals surface area contributed by atoms with Crippen LogP contribution in [0.2, 0.25) is 10.0 Å². The van der Waals surface area contributed by atoms with E-state index in [-0.39, 0.29) is 12.5 Å². The summed E-state index contributed by atoms with van der Waals surface area (Å²) in [4.78, 5) is 15.8. The molecule has 106 valence electrons. The van der Waals surface area contributed by atoms with E-state index in [0.29, 0.717) is 22.3 Å². The summed E-state index contributed by atoms with van der Waals surface area (Å²) in [6.07, 6.45) is 3.48. The van der Waals surface area contributed by atoms with Crippen LogP contribution in [0.4, 0.5) is 0 Å². The van der Waals surface area contributed by atoms with Crippen molar-refractivity contribution in [1.82, 2.24) is 14.9 Å². The molecule has 0 fully saturated rings. The second-order valence-electron chi connectivity index (χ2n) is 4.09. The minimum Gasteiger partial charge on any atom is -0.482 e. The highest BCUT2D eigenvalue weighted by Crippen LogP contribution is 2.27. The first-order valence-corrected chi connectivity index (χ1v) is 6.62. The zero-order valence-corrected chi connectivity index (χ0v) is 12.3. The van der Waals surface area contributed by atoms with Gasteiger partial charge in [0.15, 0.2) is 6.61 Å². The molecule has 1 N–H and O–H groups in total. The van der Waals surface area contributed by atoms with Crippen molar-refractivity contribution in [2.45, 2.75) is 6.54 Å². The van der Waals surface area contributed by atoms with Crippen molar-refractivity contribution in [2.24, 2.45) is 7.05 Å². The van der Waals surface area contributed by atoms with Crippen LogP contribution < -0.4 is 10.1 Å². The first-order chi connectivity index (χ1) is 9.56. The summed E-state index contributed by atoms with van der Waals surface area (Å²) in [6, 6.07) is 4.83. The smallest absolute Gasteiger partial charge is 0.258 e. The first-order valence-electron chi connectivity index (χ1n) is 5.87. The van der Waals surface area contributed by atoms with Gasteiger partial charge in [0.1, 0.15) is 11.6 Å². The lowest BCUT2D eigenvalue weighted by Crippen LogP contribution is -2.29. The number of ether oxygens (including phenoxy) is 1. The normalized spacial score (nSPS) is 10.3. The van der Waals surface area contributed by atoms with E-state index in [4.69, 9.17) is 27.9 Å². The molecule has 1 heterocycles. The van der Waals surface area contributed by atoms with Gasteiger partial charge in [0.05, 0.1) is 11.6 Å². The van der Waals surface area contributed by atoms with Crippen molar-refractivity contribution in [3.63, 3.8) is 0 Å². The number of imidazole rings is 1. The highest BCUT2D eigenvalue weighted by atomic mass is 35.5. The zero-order valence-electron chi connectivity index (χ0n) is 10.8. The zero-order chi connectivity index (χ0) is 14.5. The molecule has 0 saturated carbocycles. The standard InChI is InChI=1S/C13H13Cl2N3O2/c1-18-5-4-16-12(18)7-17-13(19)8-20-11-3-2-9(14)6-10(11)15/h2-6H,7-8H2,1H3,(H,17,19). The molecule has 2 rings (SSSR count). The number of amides is 1. The van der Waals surface area contributed by atoms with Gasteiger partial charge in [-0.2, -0.15) is 0 Å². The van der Waals surface area contributed by atoms with Crippen LogP contribution in [0.1, 0.15) is 5.82 Å². The van der Waals surface area contributed by atoms with Crippen molar-refractivity contribution in [1.29, 1.82) is 0 Å². The minimum absolute atomic E-state index is 0.119. The number of benzene rings is 1. The Hall–Kier alpha value is -1.72. The van der Waals surface area contributed by atoms with Gasteiger partial charge < -0.3 is 14.6 Å². The molecule has 0 spiro atoms. The summed E-state index contributed by atoms with van der Waals surface area (Å²) in [5, 5.41) is 3.60. The van der Waals surface area contributed by atoms with E-state index in [1.54, 1.807) is 24.4 Å². The Kier molecular flexibility index (Phi) is 4.87. The van der Waals surface area contributed by atoms with Crippen LogP contribution >= 0.6 is 23.2 Å². The number of aryl methyl sites for hydroxylation is 1. The molecule has 0 aliphatic carbocycles. The van der Waals surface area contributed by atoms with Crippen LogP contribution in [0.15, 0.2) is 30.6 Å². The van der Waals surface area contributed by atoms with Crippen molar-refractivity contribution in [3.05, 3.63) is 46.5 Å². The van der Waals surface area contributed by atoms with Crippen LogP contribution in [-0.4, -0.2) is 22.1 Å². The molecule has 0 bridgehead atoms. The average Bonchev–Trinajstić information content (AvgIpc) is 2.81. The minimum atomic E-state index is -0.251. The van der Waals surface area contributed by atoms with Gasteiger partial charge in [0.2, 0.25) is 0 Å². The van der Waals surface area contributed by atoms with Gasteiger partial charge in [-0.25, -0.2) is 4.98 Å². The Balaban J connectivity index is 1.82. The Labute approximate surface area is 126 Å². The SMILES string of the molecule is Cn1ccnc1CNC(=O)COc1ccc(Cl)cc1Cl. The fourth-order valence-corrected chi connectivity index (χ4v) is 1.99. The molecular formula is C13H13Cl2N3O2. The van der Waals surface area contributed by atoms with E-state index in [9.17, 15) is 4.79 Å². The third-order valence-electron chi connectivity index (χ3n) is 2.62. The van der Waals surface area contributed by atoms with Crippen LogP contribution in [-0.2, 0) is 18.4 Å². The summed E-state index contributed by atoms with van der Waals surface area (Å²) in [5.41, 5.74) is 0. The second-order valence-corrected chi connectivity index (χ2v) is 4.94. The van der Waals surface area contributed by atoms with E-state index >= 15 is 0 Å². The van der Waals surface area contributed by atoms with Gasteiger partial charge in [0, 0.05) is 24.5 Å². The molecular weight excluding hydrogens is 301 g/mol. The molecule has 1 aromatic heterocycles. The Bertz CT molecular complexity index is 613. The highest BCUT2D eigenvalue weighted by molar-refractivity contribution is 6.35. The van der Waals surface area contributed by atoms with Gasteiger partial charge in [-0.3, -0.25) is 4.79 Å². The molecule has 20 heavy (non-hydrogen) atoms. The number of hydrogen-bond donors (Lipinski definition) is 1. The van der Waals surface area contributed by atoms with E-state index in [1.165, 1.54) is 0 Å². The van der Waals surface area contributed by atoms with Gasteiger partial charge >= 0.3 is 0 Å². The number of halogens is 2. The number of aromatic nitrogens is 2. The van der Waals surface area contributed by atoms with Gasteiger partial charge in [-0.05, 0) is 18.2 Å². The van der Waals surface area contributed by atoms with E-state index < -0.39 is 0 Å². The van der Waals surface area contributed by atoms with Crippen molar-refractivity contribution >= 4 is 29.1 Å².